The second kappa shape index (κ2) is 3.16. The quantitative estimate of drug-likeness (QED) is 0.445. The average molecular weight is 106 g/mol. The Kier molecular flexibility index (Phi) is 2.82. The maximum Gasteiger partial charge on any atom is 0.0306 e. The summed E-state index contributed by atoms with van der Waals surface area (Å²) in [4.78, 5) is 0. The molecule has 0 radical (unpaired) electrons. The van der Waals surface area contributed by atoms with Gasteiger partial charge in [-0.05, 0) is 0 Å². The van der Waals surface area contributed by atoms with Gasteiger partial charge in [0.25, 0.3) is 0 Å². The van der Waals surface area contributed by atoms with Gasteiger partial charge in [0.1, 0.15) is 0 Å². The van der Waals surface area contributed by atoms with Crippen LogP contribution in [0.4, 0.5) is 0 Å². The molecule has 0 aromatic rings. The van der Waals surface area contributed by atoms with Crippen molar-refractivity contribution in [1.29, 1.82) is 0 Å². The van der Waals surface area contributed by atoms with Gasteiger partial charge in [0.15, 0.2) is 0 Å². The molecule has 0 bridgehead atoms. The fraction of sp³-hybridized carbons (Fsp3) is 0.500. The maximum absolute atomic E-state index is 5.10. The summed E-state index contributed by atoms with van der Waals surface area (Å²) in [5.41, 5.74) is 0. The Hall–Kier alpha value is -0.880. The Labute approximate surface area is 51.3 Å². The topological polar surface area (TPSA) is 0 Å². The molecule has 0 amide bonds. The molecule has 2 atom stereocenters. The van der Waals surface area contributed by atoms with Crippen LogP contribution in [0.3, 0.4) is 0 Å². The molecule has 0 N–H and O–H groups in total. The normalized spacial score (nSPS) is 15.5. The molecule has 0 nitrogen and oxygen atoms in total. The minimum absolute atomic E-state index is 0.208. The number of rotatable bonds is 1. The Bertz CT molecular complexity index is 113. The van der Waals surface area contributed by atoms with Crippen molar-refractivity contribution >= 4 is 0 Å². The van der Waals surface area contributed by atoms with E-state index in [0.29, 0.717) is 0 Å². The molecule has 0 aromatic carbocycles. The summed E-state index contributed by atoms with van der Waals surface area (Å²) in [5, 5.41) is 0. The van der Waals surface area contributed by atoms with Gasteiger partial charge in [-0.3, -0.25) is 0 Å². The van der Waals surface area contributed by atoms with E-state index in [0.717, 1.165) is 0 Å². The summed E-state index contributed by atoms with van der Waals surface area (Å²) in [5.74, 6) is 5.56. The first-order valence-corrected chi connectivity index (χ1v) is 2.64. The van der Waals surface area contributed by atoms with Crippen molar-refractivity contribution in [2.24, 2.45) is 11.8 Å². The van der Waals surface area contributed by atoms with E-state index in [2.05, 4.69) is 11.8 Å². The van der Waals surface area contributed by atoms with Crippen molar-refractivity contribution < 1.29 is 0 Å². The van der Waals surface area contributed by atoms with Crippen molar-refractivity contribution in [1.82, 2.24) is 0 Å². The van der Waals surface area contributed by atoms with Gasteiger partial charge in [-0.2, -0.15) is 0 Å². The summed E-state index contributed by atoms with van der Waals surface area (Å²) in [6.45, 7) is 3.90. The van der Waals surface area contributed by atoms with Crippen LogP contribution in [0, 0.1) is 36.5 Å². The van der Waals surface area contributed by atoms with E-state index >= 15 is 0 Å². The number of hydrogen-bond acceptors (Lipinski definition) is 0. The molecule has 0 saturated carbocycles. The highest BCUT2D eigenvalue weighted by Gasteiger charge is 2.02. The zero-order valence-corrected chi connectivity index (χ0v) is 5.31. The van der Waals surface area contributed by atoms with Gasteiger partial charge in [0.2, 0.25) is 0 Å². The van der Waals surface area contributed by atoms with Crippen LogP contribution in [0.2, 0.25) is 0 Å². The number of terminal acetylenes is 2. The van der Waals surface area contributed by atoms with E-state index in [-0.39, 0.29) is 11.8 Å². The second-order valence-electron chi connectivity index (χ2n) is 1.91. The lowest BCUT2D eigenvalue weighted by molar-refractivity contribution is 0.596. The Morgan fingerprint density at radius 3 is 1.38 bits per heavy atom. The minimum atomic E-state index is 0.208. The molecule has 0 heteroatoms. The Balaban J connectivity index is 3.72. The highest BCUT2D eigenvalue weighted by atomic mass is 14.0. The average Bonchev–Trinajstić information content (AvgIpc) is 1.84. The van der Waals surface area contributed by atoms with Gasteiger partial charge in [0.05, 0.1) is 0 Å². The lowest BCUT2D eigenvalue weighted by Crippen LogP contribution is -2.01. The first kappa shape index (κ1) is 7.12. The van der Waals surface area contributed by atoms with Crippen molar-refractivity contribution in [2.75, 3.05) is 0 Å². The second-order valence-corrected chi connectivity index (χ2v) is 1.91. The summed E-state index contributed by atoms with van der Waals surface area (Å²) in [6.07, 6.45) is 10.2. The summed E-state index contributed by atoms with van der Waals surface area (Å²) in [6, 6.07) is 0. The van der Waals surface area contributed by atoms with Crippen LogP contribution in [-0.2, 0) is 0 Å². The van der Waals surface area contributed by atoms with Crippen molar-refractivity contribution in [2.45, 2.75) is 13.8 Å². The molecule has 0 aliphatic heterocycles. The highest BCUT2D eigenvalue weighted by molar-refractivity contribution is 5.03. The third kappa shape index (κ3) is 1.71. The third-order valence-corrected chi connectivity index (χ3v) is 1.28. The van der Waals surface area contributed by atoms with E-state index in [1.165, 1.54) is 0 Å². The fourth-order valence-corrected chi connectivity index (χ4v) is 0.289. The molecule has 0 aromatic heterocycles. The van der Waals surface area contributed by atoms with Crippen LogP contribution in [0.15, 0.2) is 0 Å². The van der Waals surface area contributed by atoms with E-state index in [1.807, 2.05) is 13.8 Å². The fourth-order valence-electron chi connectivity index (χ4n) is 0.289. The van der Waals surface area contributed by atoms with Crippen LogP contribution in [0.25, 0.3) is 0 Å². The van der Waals surface area contributed by atoms with Crippen molar-refractivity contribution in [3.8, 4) is 24.7 Å². The Morgan fingerprint density at radius 2 is 1.25 bits per heavy atom. The SMILES string of the molecule is C#CC(C)C(C)C#C. The predicted octanol–water partition coefficient (Wildman–Crippen LogP) is 1.52. The minimum Gasteiger partial charge on any atom is -0.120 e. The van der Waals surface area contributed by atoms with Gasteiger partial charge < -0.3 is 0 Å². The van der Waals surface area contributed by atoms with E-state index in [1.54, 1.807) is 0 Å². The molecule has 2 unspecified atom stereocenters. The first-order valence-electron chi connectivity index (χ1n) is 2.64. The van der Waals surface area contributed by atoms with Gasteiger partial charge >= 0.3 is 0 Å². The molecule has 0 aliphatic rings. The Morgan fingerprint density at radius 1 is 1.00 bits per heavy atom. The molecule has 0 rings (SSSR count). The van der Waals surface area contributed by atoms with Gasteiger partial charge in [-0.15, -0.1) is 24.7 Å². The molecule has 8 heavy (non-hydrogen) atoms. The smallest absolute Gasteiger partial charge is 0.0306 e. The van der Waals surface area contributed by atoms with Crippen LogP contribution >= 0.6 is 0 Å². The molecular formula is C8H10. The largest absolute Gasteiger partial charge is 0.120 e. The third-order valence-electron chi connectivity index (χ3n) is 1.28. The first-order chi connectivity index (χ1) is 3.72. The lowest BCUT2D eigenvalue weighted by Gasteiger charge is -2.04. The molecule has 0 heterocycles. The van der Waals surface area contributed by atoms with Crippen molar-refractivity contribution in [3.63, 3.8) is 0 Å². The van der Waals surface area contributed by atoms with Crippen LogP contribution in [0.5, 0.6) is 0 Å². The molecule has 0 saturated heterocycles. The van der Waals surface area contributed by atoms with Crippen LogP contribution in [-0.4, -0.2) is 0 Å². The molecule has 0 aliphatic carbocycles. The summed E-state index contributed by atoms with van der Waals surface area (Å²) < 4.78 is 0. The van der Waals surface area contributed by atoms with Crippen molar-refractivity contribution in [3.05, 3.63) is 0 Å². The monoisotopic (exact) mass is 106 g/mol. The van der Waals surface area contributed by atoms with E-state index in [9.17, 15) is 0 Å². The van der Waals surface area contributed by atoms with E-state index < -0.39 is 0 Å². The number of hydrogen-bond donors (Lipinski definition) is 0. The standard InChI is InChI=1S/C8H10/c1-5-7(3)8(4)6-2/h1-2,7-8H,3-4H3. The highest BCUT2D eigenvalue weighted by Crippen LogP contribution is 2.06. The summed E-state index contributed by atoms with van der Waals surface area (Å²) in [7, 11) is 0. The van der Waals surface area contributed by atoms with Gasteiger partial charge in [0, 0.05) is 11.8 Å². The molecule has 42 valence electrons. The van der Waals surface area contributed by atoms with E-state index in [4.69, 9.17) is 12.8 Å². The van der Waals surface area contributed by atoms with Gasteiger partial charge in [-0.1, -0.05) is 13.8 Å². The van der Waals surface area contributed by atoms with Crippen LogP contribution < -0.4 is 0 Å². The summed E-state index contributed by atoms with van der Waals surface area (Å²) >= 11 is 0. The molecule has 0 fully saturated rings. The molecule has 0 spiro atoms. The molecular weight excluding hydrogens is 96.1 g/mol. The maximum atomic E-state index is 5.10. The lowest BCUT2D eigenvalue weighted by atomic mass is 9.98. The van der Waals surface area contributed by atoms with Crippen LogP contribution in [0.1, 0.15) is 13.8 Å². The zero-order chi connectivity index (χ0) is 6.57. The zero-order valence-electron chi connectivity index (χ0n) is 5.31. The van der Waals surface area contributed by atoms with Gasteiger partial charge in [-0.25, -0.2) is 0 Å². The predicted molar refractivity (Wildman–Crippen MR) is 36.0 cm³/mol.